The molecule has 1 aromatic carbocycles. The zero-order chi connectivity index (χ0) is 23.3. The number of rotatable bonds is 8. The SMILES string of the molecule is CCN1CCN(CCCNC(=O)c2cc(C)c(C)c(S(=O)(=O)N3CCC(C)CC3)c2)CC1. The monoisotopic (exact) mass is 464 g/mol. The molecule has 32 heavy (non-hydrogen) atoms. The molecule has 0 atom stereocenters. The average molecular weight is 465 g/mol. The topological polar surface area (TPSA) is 73.0 Å². The lowest BCUT2D eigenvalue weighted by molar-refractivity contribution is 0.0948. The van der Waals surface area contributed by atoms with Gasteiger partial charge in [-0.25, -0.2) is 8.42 Å². The van der Waals surface area contributed by atoms with Crippen molar-refractivity contribution in [2.75, 3.05) is 58.9 Å². The number of nitrogens with one attached hydrogen (secondary N) is 1. The molecule has 8 heteroatoms. The van der Waals surface area contributed by atoms with Crippen molar-refractivity contribution in [3.8, 4) is 0 Å². The van der Waals surface area contributed by atoms with Crippen LogP contribution in [0.5, 0.6) is 0 Å². The molecule has 2 aliphatic heterocycles. The van der Waals surface area contributed by atoms with E-state index in [1.54, 1.807) is 16.4 Å². The highest BCUT2D eigenvalue weighted by atomic mass is 32.2. The molecule has 0 unspecified atom stereocenters. The molecule has 180 valence electrons. The van der Waals surface area contributed by atoms with Gasteiger partial charge in [0.25, 0.3) is 5.91 Å². The van der Waals surface area contributed by atoms with Crippen LogP contribution in [-0.2, 0) is 10.0 Å². The van der Waals surface area contributed by atoms with Crippen molar-refractivity contribution in [3.63, 3.8) is 0 Å². The molecule has 0 spiro atoms. The Hall–Kier alpha value is -1.48. The normalized spacial score (nSPS) is 19.9. The number of piperidine rings is 1. The average Bonchev–Trinajstić information content (AvgIpc) is 2.78. The maximum Gasteiger partial charge on any atom is 0.251 e. The van der Waals surface area contributed by atoms with E-state index in [0.717, 1.165) is 69.7 Å². The standard InChI is InChI=1S/C24H40N4O3S/c1-5-26-13-15-27(16-14-26)10-6-9-25-24(29)22-17-20(3)21(4)23(18-22)32(30,31)28-11-7-19(2)8-12-28/h17-19H,5-16H2,1-4H3,(H,25,29). The number of hydrogen-bond donors (Lipinski definition) is 1. The quantitative estimate of drug-likeness (QED) is 0.599. The van der Waals surface area contributed by atoms with E-state index in [2.05, 4.69) is 29.0 Å². The van der Waals surface area contributed by atoms with Gasteiger partial charge in [-0.15, -0.1) is 0 Å². The fourth-order valence-electron chi connectivity index (χ4n) is 4.53. The third-order valence-electron chi connectivity index (χ3n) is 7.09. The van der Waals surface area contributed by atoms with Gasteiger partial charge in [0, 0.05) is 51.4 Å². The fourth-order valence-corrected chi connectivity index (χ4v) is 6.32. The molecule has 0 radical (unpaired) electrons. The van der Waals surface area contributed by atoms with Gasteiger partial charge >= 0.3 is 0 Å². The molecule has 0 saturated carbocycles. The summed E-state index contributed by atoms with van der Waals surface area (Å²) in [5, 5.41) is 2.98. The molecule has 3 rings (SSSR count). The maximum atomic E-state index is 13.3. The number of benzene rings is 1. The van der Waals surface area contributed by atoms with Gasteiger partial charge in [-0.05, 0) is 75.4 Å². The summed E-state index contributed by atoms with van der Waals surface area (Å²) in [5.74, 6) is 0.351. The third kappa shape index (κ3) is 6.10. The van der Waals surface area contributed by atoms with Crippen LogP contribution in [0.1, 0.15) is 54.6 Å². The molecule has 1 amide bonds. The molecule has 0 aliphatic carbocycles. The van der Waals surface area contributed by atoms with E-state index < -0.39 is 10.0 Å². The van der Waals surface area contributed by atoms with Crippen LogP contribution in [0.3, 0.4) is 0 Å². The van der Waals surface area contributed by atoms with E-state index in [0.29, 0.717) is 31.1 Å². The molecular weight excluding hydrogens is 424 g/mol. The van der Waals surface area contributed by atoms with Gasteiger partial charge in [-0.3, -0.25) is 4.79 Å². The molecule has 1 N–H and O–H groups in total. The Morgan fingerprint density at radius 3 is 2.28 bits per heavy atom. The second-order valence-corrected chi connectivity index (χ2v) is 11.3. The molecule has 2 saturated heterocycles. The van der Waals surface area contributed by atoms with Crippen LogP contribution in [0.15, 0.2) is 17.0 Å². The molecule has 1 aromatic rings. The Labute approximate surface area is 194 Å². The zero-order valence-electron chi connectivity index (χ0n) is 20.2. The summed E-state index contributed by atoms with van der Waals surface area (Å²) in [5.41, 5.74) is 1.98. The number of carbonyl (C=O) groups is 1. The first-order valence-electron chi connectivity index (χ1n) is 12.1. The first-order chi connectivity index (χ1) is 15.2. The number of hydrogen-bond acceptors (Lipinski definition) is 5. The summed E-state index contributed by atoms with van der Waals surface area (Å²) in [6.45, 7) is 16.2. The van der Waals surface area contributed by atoms with Crippen LogP contribution in [0.25, 0.3) is 0 Å². The van der Waals surface area contributed by atoms with Crippen molar-refractivity contribution in [3.05, 3.63) is 28.8 Å². The van der Waals surface area contributed by atoms with Gasteiger partial charge in [0.15, 0.2) is 0 Å². The summed E-state index contributed by atoms with van der Waals surface area (Å²) in [6, 6.07) is 3.36. The van der Waals surface area contributed by atoms with Crippen LogP contribution >= 0.6 is 0 Å². The Balaban J connectivity index is 1.59. The lowest BCUT2D eigenvalue weighted by atomic mass is 10.0. The number of sulfonamides is 1. The van der Waals surface area contributed by atoms with E-state index in [9.17, 15) is 13.2 Å². The van der Waals surface area contributed by atoms with Crippen LogP contribution < -0.4 is 5.32 Å². The predicted molar refractivity (Wildman–Crippen MR) is 129 cm³/mol. The third-order valence-corrected chi connectivity index (χ3v) is 9.12. The summed E-state index contributed by atoms with van der Waals surface area (Å²) in [4.78, 5) is 18.0. The fraction of sp³-hybridized carbons (Fsp3) is 0.708. The van der Waals surface area contributed by atoms with Crippen molar-refractivity contribution in [1.29, 1.82) is 0 Å². The van der Waals surface area contributed by atoms with E-state index in [1.807, 2.05) is 13.8 Å². The summed E-state index contributed by atoms with van der Waals surface area (Å²) in [6.07, 6.45) is 2.65. The van der Waals surface area contributed by atoms with Crippen LogP contribution in [0.2, 0.25) is 0 Å². The van der Waals surface area contributed by atoms with Crippen LogP contribution in [0.4, 0.5) is 0 Å². The van der Waals surface area contributed by atoms with Crippen LogP contribution in [0, 0.1) is 19.8 Å². The highest BCUT2D eigenvalue weighted by Gasteiger charge is 2.30. The summed E-state index contributed by atoms with van der Waals surface area (Å²) < 4.78 is 28.2. The first-order valence-corrected chi connectivity index (χ1v) is 13.5. The smallest absolute Gasteiger partial charge is 0.251 e. The Kier molecular flexibility index (Phi) is 8.72. The first kappa shape index (κ1) is 25.1. The summed E-state index contributed by atoms with van der Waals surface area (Å²) in [7, 11) is -3.60. The number of carbonyl (C=O) groups excluding carboxylic acids is 1. The van der Waals surface area contributed by atoms with E-state index >= 15 is 0 Å². The number of piperazine rings is 1. The van der Waals surface area contributed by atoms with E-state index in [4.69, 9.17) is 0 Å². The number of aryl methyl sites for hydroxylation is 1. The number of nitrogens with zero attached hydrogens (tertiary/aromatic N) is 3. The Morgan fingerprint density at radius 2 is 1.66 bits per heavy atom. The Morgan fingerprint density at radius 1 is 1.03 bits per heavy atom. The van der Waals surface area contributed by atoms with Gasteiger partial charge in [0.05, 0.1) is 4.90 Å². The minimum absolute atomic E-state index is 0.201. The molecule has 2 aliphatic rings. The molecule has 0 aromatic heterocycles. The number of amides is 1. The highest BCUT2D eigenvalue weighted by Crippen LogP contribution is 2.28. The number of likely N-dealkylation sites (N-methyl/N-ethyl adjacent to an activating group) is 1. The largest absolute Gasteiger partial charge is 0.352 e. The van der Waals surface area contributed by atoms with Crippen molar-refractivity contribution in [1.82, 2.24) is 19.4 Å². The van der Waals surface area contributed by atoms with Crippen molar-refractivity contribution in [2.24, 2.45) is 5.92 Å². The van der Waals surface area contributed by atoms with Crippen molar-refractivity contribution >= 4 is 15.9 Å². The van der Waals surface area contributed by atoms with Crippen molar-refractivity contribution < 1.29 is 13.2 Å². The minimum Gasteiger partial charge on any atom is -0.352 e. The van der Waals surface area contributed by atoms with Gasteiger partial charge in [0.2, 0.25) is 10.0 Å². The van der Waals surface area contributed by atoms with Gasteiger partial charge in [-0.2, -0.15) is 4.31 Å². The van der Waals surface area contributed by atoms with E-state index in [-0.39, 0.29) is 10.8 Å². The second kappa shape index (κ2) is 11.1. The van der Waals surface area contributed by atoms with Gasteiger partial charge < -0.3 is 15.1 Å². The lowest BCUT2D eigenvalue weighted by Gasteiger charge is -2.33. The summed E-state index contributed by atoms with van der Waals surface area (Å²) >= 11 is 0. The molecule has 2 fully saturated rings. The molecule has 2 heterocycles. The van der Waals surface area contributed by atoms with Gasteiger partial charge in [-0.1, -0.05) is 13.8 Å². The maximum absolute atomic E-state index is 13.3. The molecule has 0 bridgehead atoms. The molecule has 7 nitrogen and oxygen atoms in total. The van der Waals surface area contributed by atoms with Gasteiger partial charge in [0.1, 0.15) is 0 Å². The molecular formula is C24H40N4O3S. The predicted octanol–water partition coefficient (Wildman–Crippen LogP) is 2.48. The lowest BCUT2D eigenvalue weighted by Crippen LogP contribution is -2.46. The second-order valence-electron chi connectivity index (χ2n) is 9.39. The van der Waals surface area contributed by atoms with Crippen LogP contribution in [-0.4, -0.2) is 87.3 Å². The Bertz CT molecular complexity index is 887. The van der Waals surface area contributed by atoms with E-state index in [1.165, 1.54) is 0 Å². The van der Waals surface area contributed by atoms with Crippen molar-refractivity contribution in [2.45, 2.75) is 51.9 Å². The highest BCUT2D eigenvalue weighted by molar-refractivity contribution is 7.89. The zero-order valence-corrected chi connectivity index (χ0v) is 21.0. The minimum atomic E-state index is -3.60.